The fourth-order valence-electron chi connectivity index (χ4n) is 2.45. The summed E-state index contributed by atoms with van der Waals surface area (Å²) in [7, 11) is -3.75. The second kappa shape index (κ2) is 10.8. The first kappa shape index (κ1) is 25.4. The number of ether oxygens (including phenoxy) is 1. The summed E-state index contributed by atoms with van der Waals surface area (Å²) in [4.78, 5) is 11.6. The van der Waals surface area contributed by atoms with Crippen LogP contribution >= 0.6 is 11.6 Å². The van der Waals surface area contributed by atoms with Crippen LogP contribution in [0.1, 0.15) is 0 Å². The molecule has 3 N–H and O–H groups in total. The molecule has 34 heavy (non-hydrogen) atoms. The Kier molecular flexibility index (Phi) is 8.06. The number of nitrogens with zero attached hydrogens (tertiary/aromatic N) is 3. The van der Waals surface area contributed by atoms with Crippen LogP contribution in [0.2, 0.25) is 5.02 Å². The lowest BCUT2D eigenvalue weighted by Crippen LogP contribution is -2.29. The summed E-state index contributed by atoms with van der Waals surface area (Å²) in [5, 5.41) is 5.14. The van der Waals surface area contributed by atoms with Gasteiger partial charge in [0, 0.05) is 18.8 Å². The summed E-state index contributed by atoms with van der Waals surface area (Å²) in [6.07, 6.45) is -4.63. The molecule has 0 aliphatic rings. The molecule has 1 heterocycles. The zero-order valence-electron chi connectivity index (χ0n) is 17.1. The number of aromatic nitrogens is 3. The number of rotatable bonds is 10. The predicted molar refractivity (Wildman–Crippen MR) is 116 cm³/mol. The summed E-state index contributed by atoms with van der Waals surface area (Å²) >= 11 is 5.72. The monoisotopic (exact) mass is 520 g/mol. The van der Waals surface area contributed by atoms with Gasteiger partial charge in [-0.2, -0.15) is 28.1 Å². The highest BCUT2D eigenvalue weighted by Crippen LogP contribution is 2.23. The number of sulfonamides is 1. The van der Waals surface area contributed by atoms with Gasteiger partial charge in [0.05, 0.1) is 9.92 Å². The standard InChI is InChI=1S/C19H17ClF4N6O3S/c20-14-10-12(6-7-15(14)21)27-17-28-16(29-18(30-17)33-11-19(22,23)24)25-8-9-26-34(31,32)13-4-2-1-3-5-13/h1-7,10,26H,8-9,11H2,(H2,25,27,28,29,30). The van der Waals surface area contributed by atoms with E-state index in [0.717, 1.165) is 6.07 Å². The second-order valence-electron chi connectivity index (χ2n) is 6.56. The Morgan fingerprint density at radius 1 is 0.971 bits per heavy atom. The van der Waals surface area contributed by atoms with E-state index < -0.39 is 34.6 Å². The molecular formula is C19H17ClF4N6O3S. The Morgan fingerprint density at radius 3 is 2.35 bits per heavy atom. The van der Waals surface area contributed by atoms with Gasteiger partial charge in [0.2, 0.25) is 21.9 Å². The molecule has 0 saturated carbocycles. The minimum Gasteiger partial charge on any atom is -0.454 e. The number of alkyl halides is 3. The molecule has 0 unspecified atom stereocenters. The van der Waals surface area contributed by atoms with Gasteiger partial charge in [-0.1, -0.05) is 29.8 Å². The maximum Gasteiger partial charge on any atom is 0.422 e. The number of anilines is 3. The van der Waals surface area contributed by atoms with Crippen LogP contribution in [0, 0.1) is 5.82 Å². The molecule has 0 saturated heterocycles. The van der Waals surface area contributed by atoms with Gasteiger partial charge < -0.3 is 15.4 Å². The van der Waals surface area contributed by atoms with Crippen molar-refractivity contribution in [2.45, 2.75) is 11.1 Å². The van der Waals surface area contributed by atoms with Crippen molar-refractivity contribution in [1.29, 1.82) is 0 Å². The average molecular weight is 521 g/mol. The highest BCUT2D eigenvalue weighted by atomic mass is 35.5. The molecule has 182 valence electrons. The maximum atomic E-state index is 13.4. The predicted octanol–water partition coefficient (Wildman–Crippen LogP) is 3.74. The number of halogens is 5. The van der Waals surface area contributed by atoms with Crippen LogP contribution in [0.5, 0.6) is 6.01 Å². The third kappa shape index (κ3) is 7.67. The molecule has 0 bridgehead atoms. The molecule has 3 rings (SSSR count). The van der Waals surface area contributed by atoms with Crippen molar-refractivity contribution in [3.8, 4) is 6.01 Å². The number of nitrogens with one attached hydrogen (secondary N) is 3. The van der Waals surface area contributed by atoms with Crippen LogP contribution in [0.3, 0.4) is 0 Å². The number of benzene rings is 2. The Bertz CT molecular complexity index is 1230. The van der Waals surface area contributed by atoms with Gasteiger partial charge in [-0.25, -0.2) is 17.5 Å². The average Bonchev–Trinajstić information content (AvgIpc) is 2.78. The van der Waals surface area contributed by atoms with Crippen molar-refractivity contribution in [2.24, 2.45) is 0 Å². The van der Waals surface area contributed by atoms with Crippen LogP contribution in [0.4, 0.5) is 35.1 Å². The first-order valence-corrected chi connectivity index (χ1v) is 11.3. The Balaban J connectivity index is 1.70. The van der Waals surface area contributed by atoms with E-state index in [1.54, 1.807) is 18.2 Å². The maximum absolute atomic E-state index is 13.4. The molecule has 9 nitrogen and oxygen atoms in total. The lowest BCUT2D eigenvalue weighted by Gasteiger charge is -2.12. The van der Waals surface area contributed by atoms with Crippen LogP contribution in [-0.2, 0) is 10.0 Å². The van der Waals surface area contributed by atoms with Crippen molar-refractivity contribution in [3.63, 3.8) is 0 Å². The van der Waals surface area contributed by atoms with Crippen LogP contribution in [-0.4, -0.2) is 49.2 Å². The van der Waals surface area contributed by atoms with Crippen LogP contribution in [0.15, 0.2) is 53.4 Å². The van der Waals surface area contributed by atoms with Gasteiger partial charge >= 0.3 is 12.2 Å². The van der Waals surface area contributed by atoms with E-state index in [2.05, 4.69) is 35.0 Å². The summed E-state index contributed by atoms with van der Waals surface area (Å²) < 4.78 is 82.4. The Morgan fingerprint density at radius 2 is 1.68 bits per heavy atom. The zero-order chi connectivity index (χ0) is 24.8. The van der Waals surface area contributed by atoms with Gasteiger partial charge in [-0.15, -0.1) is 0 Å². The van der Waals surface area contributed by atoms with Gasteiger partial charge in [-0.05, 0) is 30.3 Å². The van der Waals surface area contributed by atoms with Crippen LogP contribution in [0.25, 0.3) is 0 Å². The van der Waals surface area contributed by atoms with Crippen molar-refractivity contribution in [3.05, 3.63) is 59.4 Å². The smallest absolute Gasteiger partial charge is 0.422 e. The van der Waals surface area contributed by atoms with Crippen molar-refractivity contribution in [1.82, 2.24) is 19.7 Å². The molecule has 0 atom stereocenters. The number of hydrogen-bond donors (Lipinski definition) is 3. The molecule has 0 amide bonds. The minimum atomic E-state index is -4.63. The van der Waals surface area contributed by atoms with E-state index in [-0.39, 0.29) is 40.6 Å². The second-order valence-corrected chi connectivity index (χ2v) is 8.73. The van der Waals surface area contributed by atoms with E-state index in [0.29, 0.717) is 0 Å². The van der Waals surface area contributed by atoms with Crippen molar-refractivity contribution < 1.29 is 30.7 Å². The third-order valence-electron chi connectivity index (χ3n) is 3.91. The molecule has 0 fully saturated rings. The summed E-state index contributed by atoms with van der Waals surface area (Å²) in [5.74, 6) is -1.08. The lowest BCUT2D eigenvalue weighted by molar-refractivity contribution is -0.154. The SMILES string of the molecule is O=S(=O)(NCCNc1nc(Nc2ccc(F)c(Cl)c2)nc(OCC(F)(F)F)n1)c1ccccc1. The highest BCUT2D eigenvalue weighted by molar-refractivity contribution is 7.89. The molecule has 1 aromatic heterocycles. The van der Waals surface area contributed by atoms with Gasteiger partial charge in [0.15, 0.2) is 6.61 Å². The summed E-state index contributed by atoms with van der Waals surface area (Å²) in [6, 6.07) is 10.6. The van der Waals surface area contributed by atoms with Crippen molar-refractivity contribution in [2.75, 3.05) is 30.3 Å². The number of hydrogen-bond acceptors (Lipinski definition) is 8. The first-order valence-electron chi connectivity index (χ1n) is 9.48. The molecular weight excluding hydrogens is 504 g/mol. The van der Waals surface area contributed by atoms with Crippen LogP contribution < -0.4 is 20.1 Å². The fraction of sp³-hybridized carbons (Fsp3) is 0.211. The van der Waals surface area contributed by atoms with Gasteiger partial charge in [0.25, 0.3) is 0 Å². The normalized spacial score (nSPS) is 11.8. The minimum absolute atomic E-state index is 0.0173. The van der Waals surface area contributed by atoms with E-state index in [1.165, 1.54) is 24.3 Å². The molecule has 2 aromatic carbocycles. The summed E-state index contributed by atoms with van der Waals surface area (Å²) in [6.45, 7) is -1.75. The molecule has 0 aliphatic carbocycles. The van der Waals surface area contributed by atoms with E-state index in [9.17, 15) is 26.0 Å². The van der Waals surface area contributed by atoms with Gasteiger partial charge in [0.1, 0.15) is 5.82 Å². The Hall–Kier alpha value is -3.23. The highest BCUT2D eigenvalue weighted by Gasteiger charge is 2.29. The van der Waals surface area contributed by atoms with E-state index in [1.807, 2.05) is 0 Å². The molecule has 3 aromatic rings. The van der Waals surface area contributed by atoms with Gasteiger partial charge in [-0.3, -0.25) is 0 Å². The van der Waals surface area contributed by atoms with E-state index >= 15 is 0 Å². The van der Waals surface area contributed by atoms with Crippen molar-refractivity contribution >= 4 is 39.2 Å². The third-order valence-corrected chi connectivity index (χ3v) is 5.68. The topological polar surface area (TPSA) is 118 Å². The molecule has 0 spiro atoms. The quantitative estimate of drug-likeness (QED) is 0.273. The Labute approximate surface area is 196 Å². The summed E-state index contributed by atoms with van der Waals surface area (Å²) in [5.41, 5.74) is 0.251. The lowest BCUT2D eigenvalue weighted by atomic mass is 10.3. The first-order chi connectivity index (χ1) is 16.0. The van der Waals surface area contributed by atoms with E-state index in [4.69, 9.17) is 11.6 Å². The fourth-order valence-corrected chi connectivity index (χ4v) is 3.68. The molecule has 0 radical (unpaired) electrons. The zero-order valence-corrected chi connectivity index (χ0v) is 18.7. The molecule has 15 heteroatoms. The molecule has 0 aliphatic heterocycles. The largest absolute Gasteiger partial charge is 0.454 e.